The van der Waals surface area contributed by atoms with Gasteiger partial charge in [0.15, 0.2) is 0 Å². The van der Waals surface area contributed by atoms with E-state index in [4.69, 9.17) is 4.74 Å². The van der Waals surface area contributed by atoms with Crippen molar-refractivity contribution in [2.24, 2.45) is 5.41 Å². The van der Waals surface area contributed by atoms with E-state index in [9.17, 15) is 14.9 Å². The van der Waals surface area contributed by atoms with Gasteiger partial charge in [0, 0.05) is 44.0 Å². The Kier molecular flexibility index (Phi) is 4.82. The lowest BCUT2D eigenvalue weighted by atomic mass is 9.77. The molecule has 1 aromatic rings. The molecule has 2 aliphatic heterocycles. The van der Waals surface area contributed by atoms with Gasteiger partial charge in [-0.25, -0.2) is 4.79 Å². The van der Waals surface area contributed by atoms with Crippen molar-refractivity contribution in [1.82, 2.24) is 4.90 Å². The summed E-state index contributed by atoms with van der Waals surface area (Å²) in [6, 6.07) is 6.74. The van der Waals surface area contributed by atoms with Crippen molar-refractivity contribution < 1.29 is 14.5 Å². The first kappa shape index (κ1) is 18.5. The number of hydrogen-bond acceptors (Lipinski definition) is 5. The van der Waals surface area contributed by atoms with E-state index in [2.05, 4.69) is 4.90 Å². The quantitative estimate of drug-likeness (QED) is 0.591. The van der Waals surface area contributed by atoms with E-state index in [0.717, 1.165) is 51.1 Å². The van der Waals surface area contributed by atoms with Gasteiger partial charge in [0.05, 0.1) is 4.92 Å². The molecule has 2 heterocycles. The van der Waals surface area contributed by atoms with Crippen LogP contribution >= 0.6 is 0 Å². The monoisotopic (exact) mass is 361 g/mol. The minimum absolute atomic E-state index is 0.117. The molecule has 26 heavy (non-hydrogen) atoms. The smallest absolute Gasteiger partial charge is 0.410 e. The summed E-state index contributed by atoms with van der Waals surface area (Å²) >= 11 is 0. The Morgan fingerprint density at radius 1 is 1.12 bits per heavy atom. The van der Waals surface area contributed by atoms with Crippen LogP contribution < -0.4 is 4.90 Å². The third-order valence-electron chi connectivity index (χ3n) is 5.34. The minimum Gasteiger partial charge on any atom is -0.444 e. The number of hydrogen-bond donors (Lipinski definition) is 0. The number of carbonyl (C=O) groups is 1. The third kappa shape index (κ3) is 4.08. The number of nitro benzene ring substituents is 1. The molecule has 0 atom stereocenters. The lowest BCUT2D eigenvalue weighted by Gasteiger charge is -2.40. The standard InChI is InChI=1S/C19H27N3O4/c1-18(2,3)26-17(23)21-13-10-19(14-21)8-11-20(12-9-19)15-4-6-16(7-5-15)22(24)25/h4-7H,8-14H2,1-3H3. The second kappa shape index (κ2) is 6.78. The zero-order valence-electron chi connectivity index (χ0n) is 15.7. The summed E-state index contributed by atoms with van der Waals surface area (Å²) in [5, 5.41) is 10.8. The summed E-state index contributed by atoms with van der Waals surface area (Å²) < 4.78 is 5.50. The first-order chi connectivity index (χ1) is 12.2. The number of rotatable bonds is 2. The van der Waals surface area contributed by atoms with Crippen molar-refractivity contribution in [3.05, 3.63) is 34.4 Å². The van der Waals surface area contributed by atoms with Crippen LogP contribution in [0, 0.1) is 15.5 Å². The highest BCUT2D eigenvalue weighted by Crippen LogP contribution is 2.41. The van der Waals surface area contributed by atoms with Crippen LogP contribution in [0.2, 0.25) is 0 Å². The number of non-ortho nitro benzene ring substituents is 1. The molecule has 1 amide bonds. The van der Waals surface area contributed by atoms with Crippen LogP contribution in [0.15, 0.2) is 24.3 Å². The molecule has 1 spiro atoms. The fourth-order valence-corrected chi connectivity index (χ4v) is 3.85. The second-order valence-electron chi connectivity index (χ2n) is 8.41. The maximum Gasteiger partial charge on any atom is 0.410 e. The number of benzene rings is 1. The SMILES string of the molecule is CC(C)(C)OC(=O)N1CCC2(CCN(c3ccc([N+](=O)[O-])cc3)CC2)C1. The van der Waals surface area contributed by atoms with Gasteiger partial charge in [-0.2, -0.15) is 0 Å². The average Bonchev–Trinajstić information content (AvgIpc) is 2.98. The normalized spacial score (nSPS) is 19.7. The molecule has 0 saturated carbocycles. The van der Waals surface area contributed by atoms with Gasteiger partial charge in [-0.3, -0.25) is 10.1 Å². The lowest BCUT2D eigenvalue weighted by Crippen LogP contribution is -2.43. The van der Waals surface area contributed by atoms with Crippen LogP contribution in [0.5, 0.6) is 0 Å². The maximum absolute atomic E-state index is 12.3. The highest BCUT2D eigenvalue weighted by molar-refractivity contribution is 5.68. The molecule has 2 aliphatic rings. The Labute approximate surface area is 154 Å². The summed E-state index contributed by atoms with van der Waals surface area (Å²) in [5.74, 6) is 0. The second-order valence-corrected chi connectivity index (χ2v) is 8.41. The van der Waals surface area contributed by atoms with Crippen LogP contribution in [0.1, 0.15) is 40.0 Å². The first-order valence-corrected chi connectivity index (χ1v) is 9.15. The van der Waals surface area contributed by atoms with Crippen molar-refractivity contribution in [3.63, 3.8) is 0 Å². The molecule has 0 N–H and O–H groups in total. The number of nitro groups is 1. The van der Waals surface area contributed by atoms with E-state index < -0.39 is 5.60 Å². The Morgan fingerprint density at radius 2 is 1.69 bits per heavy atom. The molecule has 142 valence electrons. The van der Waals surface area contributed by atoms with Crippen molar-refractivity contribution in [2.75, 3.05) is 31.1 Å². The molecular formula is C19H27N3O4. The van der Waals surface area contributed by atoms with Crippen LogP contribution in [0.4, 0.5) is 16.2 Å². The Hall–Kier alpha value is -2.31. The topological polar surface area (TPSA) is 75.9 Å². The summed E-state index contributed by atoms with van der Waals surface area (Å²) in [6.07, 6.45) is 2.83. The van der Waals surface area contributed by atoms with Gasteiger partial charge in [0.25, 0.3) is 5.69 Å². The number of likely N-dealkylation sites (tertiary alicyclic amines) is 1. The van der Waals surface area contributed by atoms with Crippen molar-refractivity contribution in [1.29, 1.82) is 0 Å². The van der Waals surface area contributed by atoms with Crippen LogP contribution in [0.25, 0.3) is 0 Å². The van der Waals surface area contributed by atoms with Crippen LogP contribution in [-0.4, -0.2) is 47.7 Å². The number of carbonyl (C=O) groups excluding carboxylic acids is 1. The fraction of sp³-hybridized carbons (Fsp3) is 0.632. The first-order valence-electron chi connectivity index (χ1n) is 9.15. The molecule has 0 bridgehead atoms. The van der Waals surface area contributed by atoms with Crippen LogP contribution in [-0.2, 0) is 4.74 Å². The molecule has 3 rings (SSSR count). The van der Waals surface area contributed by atoms with Gasteiger partial charge in [-0.1, -0.05) is 0 Å². The van der Waals surface area contributed by atoms with Gasteiger partial charge in [-0.15, -0.1) is 0 Å². The van der Waals surface area contributed by atoms with E-state index >= 15 is 0 Å². The number of amides is 1. The molecule has 2 fully saturated rings. The molecule has 0 radical (unpaired) electrons. The molecular weight excluding hydrogens is 334 g/mol. The maximum atomic E-state index is 12.3. The summed E-state index contributed by atoms with van der Waals surface area (Å²) in [5.41, 5.74) is 0.846. The molecule has 1 aromatic carbocycles. The molecule has 0 unspecified atom stereocenters. The van der Waals surface area contributed by atoms with Crippen molar-refractivity contribution in [2.45, 2.75) is 45.6 Å². The Balaban J connectivity index is 1.56. The Bertz CT molecular complexity index is 673. The van der Waals surface area contributed by atoms with Gasteiger partial charge in [0.2, 0.25) is 0 Å². The van der Waals surface area contributed by atoms with Gasteiger partial charge >= 0.3 is 6.09 Å². The lowest BCUT2D eigenvalue weighted by molar-refractivity contribution is -0.384. The number of ether oxygens (including phenoxy) is 1. The largest absolute Gasteiger partial charge is 0.444 e. The molecule has 7 nitrogen and oxygen atoms in total. The van der Waals surface area contributed by atoms with Gasteiger partial charge in [-0.05, 0) is 57.6 Å². The predicted octanol–water partition coefficient (Wildman–Crippen LogP) is 3.82. The zero-order chi connectivity index (χ0) is 18.9. The van der Waals surface area contributed by atoms with E-state index in [-0.39, 0.29) is 22.1 Å². The number of anilines is 1. The van der Waals surface area contributed by atoms with Gasteiger partial charge in [0.1, 0.15) is 5.60 Å². The Morgan fingerprint density at radius 3 is 2.23 bits per heavy atom. The predicted molar refractivity (Wildman–Crippen MR) is 99.4 cm³/mol. The van der Waals surface area contributed by atoms with Gasteiger partial charge < -0.3 is 14.5 Å². The van der Waals surface area contributed by atoms with Crippen LogP contribution in [0.3, 0.4) is 0 Å². The summed E-state index contributed by atoms with van der Waals surface area (Å²) in [7, 11) is 0. The van der Waals surface area contributed by atoms with E-state index in [1.54, 1.807) is 12.1 Å². The average molecular weight is 361 g/mol. The van der Waals surface area contributed by atoms with E-state index in [1.165, 1.54) is 0 Å². The highest BCUT2D eigenvalue weighted by Gasteiger charge is 2.43. The summed E-state index contributed by atoms with van der Waals surface area (Å²) in [4.78, 5) is 26.8. The molecule has 0 aromatic heterocycles. The fourth-order valence-electron chi connectivity index (χ4n) is 3.85. The third-order valence-corrected chi connectivity index (χ3v) is 5.34. The highest BCUT2D eigenvalue weighted by atomic mass is 16.6. The van der Waals surface area contributed by atoms with Crippen molar-refractivity contribution in [3.8, 4) is 0 Å². The van der Waals surface area contributed by atoms with Crippen molar-refractivity contribution >= 4 is 17.5 Å². The molecule has 0 aliphatic carbocycles. The molecule has 7 heteroatoms. The summed E-state index contributed by atoms with van der Waals surface area (Å²) in [6.45, 7) is 8.99. The van der Waals surface area contributed by atoms with E-state index in [1.807, 2.05) is 37.8 Å². The minimum atomic E-state index is -0.466. The number of nitrogens with zero attached hydrogens (tertiary/aromatic N) is 3. The number of piperidine rings is 1. The zero-order valence-corrected chi connectivity index (χ0v) is 15.7. The van der Waals surface area contributed by atoms with E-state index in [0.29, 0.717) is 0 Å². The molecule has 2 saturated heterocycles.